The lowest BCUT2D eigenvalue weighted by atomic mass is 10.1. The third-order valence-electron chi connectivity index (χ3n) is 2.07. The van der Waals surface area contributed by atoms with E-state index in [1.807, 2.05) is 19.2 Å². The number of hydrogen-bond acceptors (Lipinski definition) is 2. The second-order valence-electron chi connectivity index (χ2n) is 2.82. The molecule has 0 spiro atoms. The van der Waals surface area contributed by atoms with Gasteiger partial charge in [-0.1, -0.05) is 0 Å². The number of H-pyrrole nitrogens is 1. The van der Waals surface area contributed by atoms with Crippen molar-refractivity contribution < 1.29 is 5.11 Å². The van der Waals surface area contributed by atoms with Crippen LogP contribution in [0.25, 0.3) is 11.0 Å². The average molecular weight is 162 g/mol. The Kier molecular flexibility index (Phi) is 1.59. The van der Waals surface area contributed by atoms with E-state index in [0.717, 1.165) is 22.2 Å². The fourth-order valence-electron chi connectivity index (χ4n) is 1.37. The van der Waals surface area contributed by atoms with Crippen molar-refractivity contribution in [2.75, 3.05) is 0 Å². The van der Waals surface area contributed by atoms with Crippen LogP contribution in [0.5, 0.6) is 0 Å². The number of aliphatic hydroxyl groups excluding tert-OH is 1. The predicted molar refractivity (Wildman–Crippen MR) is 46.8 cm³/mol. The lowest BCUT2D eigenvalue weighted by Crippen LogP contribution is -1.91. The molecule has 2 N–H and O–H groups in total. The molecule has 0 aromatic carbocycles. The summed E-state index contributed by atoms with van der Waals surface area (Å²) in [4.78, 5) is 7.18. The van der Waals surface area contributed by atoms with Crippen LogP contribution in [0.4, 0.5) is 0 Å². The van der Waals surface area contributed by atoms with E-state index >= 15 is 0 Å². The van der Waals surface area contributed by atoms with Crippen LogP contribution in [0.15, 0.2) is 18.5 Å². The number of aromatic amines is 1. The molecular formula is C9H10N2O. The van der Waals surface area contributed by atoms with Crippen molar-refractivity contribution in [1.82, 2.24) is 9.97 Å². The molecule has 0 radical (unpaired) electrons. The van der Waals surface area contributed by atoms with E-state index in [2.05, 4.69) is 9.97 Å². The number of pyridine rings is 1. The second kappa shape index (κ2) is 2.60. The summed E-state index contributed by atoms with van der Waals surface area (Å²) in [6.07, 6.45) is 3.60. The standard InChI is InChI=1S/C9H10N2O/c1-6-4-11-9-7(2-3-10-9)8(6)5-12/h2-4,12H,5H2,1H3,(H,10,11). The first kappa shape index (κ1) is 7.31. The molecule has 12 heavy (non-hydrogen) atoms. The summed E-state index contributed by atoms with van der Waals surface area (Å²) in [7, 11) is 0. The van der Waals surface area contributed by atoms with Gasteiger partial charge in [0.15, 0.2) is 0 Å². The maximum atomic E-state index is 9.09. The van der Waals surface area contributed by atoms with E-state index in [9.17, 15) is 0 Å². The van der Waals surface area contributed by atoms with Gasteiger partial charge in [-0.25, -0.2) is 4.98 Å². The lowest BCUT2D eigenvalue weighted by molar-refractivity contribution is 0.282. The van der Waals surface area contributed by atoms with Gasteiger partial charge in [0.1, 0.15) is 5.65 Å². The highest BCUT2D eigenvalue weighted by atomic mass is 16.3. The summed E-state index contributed by atoms with van der Waals surface area (Å²) in [6.45, 7) is 2.02. The largest absolute Gasteiger partial charge is 0.392 e. The molecule has 0 bridgehead atoms. The zero-order chi connectivity index (χ0) is 8.55. The zero-order valence-corrected chi connectivity index (χ0v) is 6.83. The van der Waals surface area contributed by atoms with Crippen molar-refractivity contribution in [1.29, 1.82) is 0 Å². The van der Waals surface area contributed by atoms with Gasteiger partial charge in [-0.15, -0.1) is 0 Å². The molecule has 0 amide bonds. The smallest absolute Gasteiger partial charge is 0.137 e. The van der Waals surface area contributed by atoms with Crippen LogP contribution in [-0.2, 0) is 6.61 Å². The number of aryl methyl sites for hydroxylation is 1. The van der Waals surface area contributed by atoms with Crippen molar-refractivity contribution in [3.05, 3.63) is 29.6 Å². The van der Waals surface area contributed by atoms with Crippen LogP contribution in [-0.4, -0.2) is 15.1 Å². The van der Waals surface area contributed by atoms with Gasteiger partial charge in [-0.3, -0.25) is 0 Å². The number of fused-ring (bicyclic) bond motifs is 1. The Balaban J connectivity index is 2.83. The predicted octanol–water partition coefficient (Wildman–Crippen LogP) is 1.36. The number of rotatable bonds is 1. The summed E-state index contributed by atoms with van der Waals surface area (Å²) >= 11 is 0. The van der Waals surface area contributed by atoms with Crippen molar-refractivity contribution in [3.8, 4) is 0 Å². The van der Waals surface area contributed by atoms with Crippen molar-refractivity contribution in [2.24, 2.45) is 0 Å². The van der Waals surface area contributed by atoms with Crippen LogP contribution in [0, 0.1) is 6.92 Å². The summed E-state index contributed by atoms with van der Waals surface area (Å²) in [5.74, 6) is 0. The van der Waals surface area contributed by atoms with Crippen LogP contribution in [0.3, 0.4) is 0 Å². The normalized spacial score (nSPS) is 10.8. The SMILES string of the molecule is Cc1cnc2[nH]ccc2c1CO. The van der Waals surface area contributed by atoms with E-state index < -0.39 is 0 Å². The third kappa shape index (κ3) is 0.905. The van der Waals surface area contributed by atoms with E-state index in [0.29, 0.717) is 0 Å². The summed E-state index contributed by atoms with van der Waals surface area (Å²) in [5.41, 5.74) is 2.83. The van der Waals surface area contributed by atoms with Gasteiger partial charge in [-0.2, -0.15) is 0 Å². The van der Waals surface area contributed by atoms with E-state index in [1.54, 1.807) is 6.20 Å². The monoisotopic (exact) mass is 162 g/mol. The summed E-state index contributed by atoms with van der Waals surface area (Å²) in [5, 5.41) is 10.1. The molecule has 0 aliphatic rings. The Hall–Kier alpha value is -1.35. The molecule has 2 heterocycles. The molecule has 2 aromatic rings. The van der Waals surface area contributed by atoms with Gasteiger partial charge < -0.3 is 10.1 Å². The van der Waals surface area contributed by atoms with Gasteiger partial charge in [0, 0.05) is 17.8 Å². The van der Waals surface area contributed by atoms with Crippen molar-refractivity contribution >= 4 is 11.0 Å². The molecule has 2 aromatic heterocycles. The molecular weight excluding hydrogens is 152 g/mol. The molecule has 2 rings (SSSR count). The third-order valence-corrected chi connectivity index (χ3v) is 2.07. The van der Waals surface area contributed by atoms with Crippen molar-refractivity contribution in [2.45, 2.75) is 13.5 Å². The Morgan fingerprint density at radius 1 is 1.58 bits per heavy atom. The molecule has 0 saturated carbocycles. The first-order valence-electron chi connectivity index (χ1n) is 3.85. The van der Waals surface area contributed by atoms with Gasteiger partial charge >= 0.3 is 0 Å². The maximum Gasteiger partial charge on any atom is 0.137 e. The van der Waals surface area contributed by atoms with Gasteiger partial charge in [0.2, 0.25) is 0 Å². The number of aliphatic hydroxyl groups is 1. The number of aromatic nitrogens is 2. The summed E-state index contributed by atoms with van der Waals surface area (Å²) in [6, 6.07) is 1.93. The minimum absolute atomic E-state index is 0.0721. The molecule has 0 fully saturated rings. The molecule has 0 atom stereocenters. The Morgan fingerprint density at radius 2 is 2.42 bits per heavy atom. The molecule has 3 nitrogen and oxygen atoms in total. The van der Waals surface area contributed by atoms with Gasteiger partial charge in [-0.05, 0) is 24.1 Å². The number of hydrogen-bond donors (Lipinski definition) is 2. The van der Waals surface area contributed by atoms with Crippen LogP contribution < -0.4 is 0 Å². The molecule has 0 aliphatic heterocycles. The highest BCUT2D eigenvalue weighted by molar-refractivity contribution is 5.80. The van der Waals surface area contributed by atoms with Crippen LogP contribution in [0.2, 0.25) is 0 Å². The topological polar surface area (TPSA) is 48.9 Å². The molecule has 0 saturated heterocycles. The molecule has 62 valence electrons. The molecule has 0 aliphatic carbocycles. The Bertz CT molecular complexity index is 406. The molecule has 0 unspecified atom stereocenters. The first-order valence-corrected chi connectivity index (χ1v) is 3.85. The van der Waals surface area contributed by atoms with Crippen molar-refractivity contribution in [3.63, 3.8) is 0 Å². The fourth-order valence-corrected chi connectivity index (χ4v) is 1.37. The molecule has 3 heteroatoms. The maximum absolute atomic E-state index is 9.09. The average Bonchev–Trinajstić information content (AvgIpc) is 2.52. The minimum Gasteiger partial charge on any atom is -0.392 e. The Morgan fingerprint density at radius 3 is 3.17 bits per heavy atom. The number of nitrogens with one attached hydrogen (secondary N) is 1. The second-order valence-corrected chi connectivity index (χ2v) is 2.82. The fraction of sp³-hybridized carbons (Fsp3) is 0.222. The first-order chi connectivity index (χ1) is 5.83. The highest BCUT2D eigenvalue weighted by Crippen LogP contribution is 2.18. The summed E-state index contributed by atoms with van der Waals surface area (Å²) < 4.78 is 0. The highest BCUT2D eigenvalue weighted by Gasteiger charge is 2.04. The Labute approximate surface area is 70.1 Å². The van der Waals surface area contributed by atoms with Crippen LogP contribution in [0.1, 0.15) is 11.1 Å². The minimum atomic E-state index is 0.0721. The van der Waals surface area contributed by atoms with E-state index in [4.69, 9.17) is 5.11 Å². The van der Waals surface area contributed by atoms with E-state index in [1.165, 1.54) is 0 Å². The quantitative estimate of drug-likeness (QED) is 0.665. The van der Waals surface area contributed by atoms with E-state index in [-0.39, 0.29) is 6.61 Å². The van der Waals surface area contributed by atoms with Gasteiger partial charge in [0.25, 0.3) is 0 Å². The van der Waals surface area contributed by atoms with Crippen LogP contribution >= 0.6 is 0 Å². The van der Waals surface area contributed by atoms with Gasteiger partial charge in [0.05, 0.1) is 6.61 Å². The lowest BCUT2D eigenvalue weighted by Gasteiger charge is -2.01. The zero-order valence-electron chi connectivity index (χ0n) is 6.83. The number of nitrogens with zero attached hydrogens (tertiary/aromatic N) is 1.